The standard InChI is InChI=1S/C23H28N4O3S/c1-16-7-5-10-22(19(16)4)25-23(28)15-26-13-17(2)27(18(3)14-26)31(29,30)21-9-6-8-20(11-21)12-24/h5-11,17-18H,13-15H2,1-4H3,(H,25,28). The van der Waals surface area contributed by atoms with Crippen LogP contribution in [0.15, 0.2) is 47.4 Å². The lowest BCUT2D eigenvalue weighted by molar-refractivity contribution is -0.118. The van der Waals surface area contributed by atoms with Crippen molar-refractivity contribution in [3.63, 3.8) is 0 Å². The molecule has 164 valence electrons. The Hall–Kier alpha value is -2.73. The SMILES string of the molecule is Cc1cccc(NC(=O)CN2CC(C)N(S(=O)(=O)c3cccc(C#N)c3)C(C)C2)c1C. The van der Waals surface area contributed by atoms with E-state index in [2.05, 4.69) is 5.32 Å². The van der Waals surface area contributed by atoms with Crippen LogP contribution < -0.4 is 5.32 Å². The summed E-state index contributed by atoms with van der Waals surface area (Å²) in [4.78, 5) is 14.7. The fourth-order valence-corrected chi connectivity index (χ4v) is 6.00. The highest BCUT2D eigenvalue weighted by Crippen LogP contribution is 2.26. The number of nitriles is 1. The lowest BCUT2D eigenvalue weighted by atomic mass is 10.1. The van der Waals surface area contributed by atoms with Crippen molar-refractivity contribution in [1.82, 2.24) is 9.21 Å². The van der Waals surface area contributed by atoms with Crippen LogP contribution in [0.3, 0.4) is 0 Å². The van der Waals surface area contributed by atoms with Crippen LogP contribution in [-0.2, 0) is 14.8 Å². The number of hydrogen-bond donors (Lipinski definition) is 1. The third-order valence-electron chi connectivity index (χ3n) is 5.70. The minimum Gasteiger partial charge on any atom is -0.325 e. The predicted octanol–water partition coefficient (Wildman–Crippen LogP) is 2.90. The van der Waals surface area contributed by atoms with Gasteiger partial charge in [-0.25, -0.2) is 8.42 Å². The average molecular weight is 441 g/mol. The highest BCUT2D eigenvalue weighted by molar-refractivity contribution is 7.89. The summed E-state index contributed by atoms with van der Waals surface area (Å²) in [5.74, 6) is -0.119. The van der Waals surface area contributed by atoms with Crippen molar-refractivity contribution < 1.29 is 13.2 Å². The van der Waals surface area contributed by atoms with Crippen molar-refractivity contribution in [3.8, 4) is 6.07 Å². The number of hydrogen-bond acceptors (Lipinski definition) is 5. The molecule has 2 atom stereocenters. The Morgan fingerprint density at radius 1 is 1.13 bits per heavy atom. The van der Waals surface area contributed by atoms with Gasteiger partial charge in [0, 0.05) is 30.9 Å². The van der Waals surface area contributed by atoms with E-state index in [4.69, 9.17) is 5.26 Å². The molecule has 0 aromatic heterocycles. The summed E-state index contributed by atoms with van der Waals surface area (Å²) in [6.07, 6.45) is 0. The zero-order valence-electron chi connectivity index (χ0n) is 18.3. The van der Waals surface area contributed by atoms with Gasteiger partial charge in [0.15, 0.2) is 0 Å². The smallest absolute Gasteiger partial charge is 0.243 e. The minimum atomic E-state index is -3.75. The number of sulfonamides is 1. The van der Waals surface area contributed by atoms with Gasteiger partial charge in [0.1, 0.15) is 0 Å². The number of piperazine rings is 1. The average Bonchev–Trinajstić information content (AvgIpc) is 2.70. The second-order valence-corrected chi connectivity index (χ2v) is 10.0. The Morgan fingerprint density at radius 2 is 1.77 bits per heavy atom. The van der Waals surface area contributed by atoms with E-state index in [0.29, 0.717) is 18.7 Å². The third kappa shape index (κ3) is 4.96. The second-order valence-electron chi connectivity index (χ2n) is 8.16. The molecule has 1 heterocycles. The highest BCUT2D eigenvalue weighted by Gasteiger charge is 2.38. The van der Waals surface area contributed by atoms with E-state index in [0.717, 1.165) is 16.8 Å². The summed E-state index contributed by atoms with van der Waals surface area (Å²) in [6.45, 7) is 8.75. The summed E-state index contributed by atoms with van der Waals surface area (Å²) < 4.78 is 28.0. The number of rotatable bonds is 5. The van der Waals surface area contributed by atoms with Gasteiger partial charge in [-0.15, -0.1) is 0 Å². The van der Waals surface area contributed by atoms with Crippen molar-refractivity contribution in [2.24, 2.45) is 0 Å². The number of carbonyl (C=O) groups is 1. The zero-order valence-corrected chi connectivity index (χ0v) is 19.1. The Balaban J connectivity index is 1.70. The van der Waals surface area contributed by atoms with Gasteiger partial charge in [0.2, 0.25) is 15.9 Å². The Labute approximate surface area is 184 Å². The molecule has 0 radical (unpaired) electrons. The van der Waals surface area contributed by atoms with Gasteiger partial charge in [-0.3, -0.25) is 9.69 Å². The van der Waals surface area contributed by atoms with Crippen molar-refractivity contribution in [2.45, 2.75) is 44.7 Å². The van der Waals surface area contributed by atoms with Gasteiger partial charge in [0.05, 0.1) is 23.1 Å². The van der Waals surface area contributed by atoms with Crippen LogP contribution in [-0.4, -0.2) is 55.2 Å². The summed E-state index contributed by atoms with van der Waals surface area (Å²) in [5, 5.41) is 12.1. The summed E-state index contributed by atoms with van der Waals surface area (Å²) >= 11 is 0. The Morgan fingerprint density at radius 3 is 2.42 bits per heavy atom. The van der Waals surface area contributed by atoms with Crippen molar-refractivity contribution in [2.75, 3.05) is 25.0 Å². The molecule has 0 bridgehead atoms. The molecule has 8 heteroatoms. The molecule has 1 aliphatic heterocycles. The van der Waals surface area contributed by atoms with Gasteiger partial charge >= 0.3 is 0 Å². The Kier molecular flexibility index (Phi) is 6.80. The number of benzene rings is 2. The number of amides is 1. The molecule has 7 nitrogen and oxygen atoms in total. The number of nitrogens with one attached hydrogen (secondary N) is 1. The largest absolute Gasteiger partial charge is 0.325 e. The normalized spacial score (nSPS) is 20.2. The molecule has 31 heavy (non-hydrogen) atoms. The van der Waals surface area contributed by atoms with Crippen LogP contribution in [0.2, 0.25) is 0 Å². The summed E-state index contributed by atoms with van der Waals surface area (Å²) in [6, 6.07) is 13.2. The van der Waals surface area contributed by atoms with Crippen LogP contribution in [0.4, 0.5) is 5.69 Å². The molecule has 1 amide bonds. The van der Waals surface area contributed by atoms with Gasteiger partial charge in [0.25, 0.3) is 0 Å². The maximum Gasteiger partial charge on any atom is 0.243 e. The quantitative estimate of drug-likeness (QED) is 0.772. The molecule has 0 spiro atoms. The molecule has 1 N–H and O–H groups in total. The fourth-order valence-electron chi connectivity index (χ4n) is 4.15. The van der Waals surface area contributed by atoms with Crippen LogP contribution in [0.1, 0.15) is 30.5 Å². The van der Waals surface area contributed by atoms with Gasteiger partial charge < -0.3 is 5.32 Å². The molecule has 2 unspecified atom stereocenters. The first kappa shape index (κ1) is 22.9. The fraction of sp³-hybridized carbons (Fsp3) is 0.391. The van der Waals surface area contributed by atoms with Gasteiger partial charge in [-0.05, 0) is 63.1 Å². The van der Waals surface area contributed by atoms with Crippen molar-refractivity contribution >= 4 is 21.6 Å². The lowest BCUT2D eigenvalue weighted by Crippen LogP contribution is -2.59. The number of aryl methyl sites for hydroxylation is 1. The van der Waals surface area contributed by atoms with Gasteiger partial charge in [-0.2, -0.15) is 9.57 Å². The first-order valence-electron chi connectivity index (χ1n) is 10.3. The molecule has 2 aromatic rings. The van der Waals surface area contributed by atoms with Crippen molar-refractivity contribution in [3.05, 3.63) is 59.2 Å². The van der Waals surface area contributed by atoms with E-state index in [1.54, 1.807) is 12.1 Å². The maximum atomic E-state index is 13.2. The molecule has 0 saturated carbocycles. The first-order chi connectivity index (χ1) is 14.6. The van der Waals surface area contributed by atoms with E-state index >= 15 is 0 Å². The third-order valence-corrected chi connectivity index (χ3v) is 7.82. The minimum absolute atomic E-state index is 0.117. The van der Waals surface area contributed by atoms with Crippen molar-refractivity contribution in [1.29, 1.82) is 5.26 Å². The Bertz CT molecular complexity index is 1110. The highest BCUT2D eigenvalue weighted by atomic mass is 32.2. The number of carbonyl (C=O) groups excluding carboxylic acids is 1. The zero-order chi connectivity index (χ0) is 22.8. The van der Waals surface area contributed by atoms with E-state index in [-0.39, 0.29) is 29.4 Å². The predicted molar refractivity (Wildman–Crippen MR) is 120 cm³/mol. The van der Waals surface area contributed by atoms with Crippen LogP contribution >= 0.6 is 0 Å². The molecular weight excluding hydrogens is 412 g/mol. The molecule has 3 rings (SSSR count). The van der Waals surface area contributed by atoms with Crippen LogP contribution in [0.25, 0.3) is 0 Å². The van der Waals surface area contributed by atoms with Crippen LogP contribution in [0.5, 0.6) is 0 Å². The van der Waals surface area contributed by atoms with E-state index in [9.17, 15) is 13.2 Å². The van der Waals surface area contributed by atoms with Crippen LogP contribution in [0, 0.1) is 25.2 Å². The molecule has 0 aliphatic carbocycles. The molecule has 1 fully saturated rings. The number of nitrogens with zero attached hydrogens (tertiary/aromatic N) is 3. The molecule has 2 aromatic carbocycles. The lowest BCUT2D eigenvalue weighted by Gasteiger charge is -2.43. The molecular formula is C23H28N4O3S. The van der Waals surface area contributed by atoms with Gasteiger partial charge in [-0.1, -0.05) is 18.2 Å². The topological polar surface area (TPSA) is 93.5 Å². The van der Waals surface area contributed by atoms with E-state index in [1.165, 1.54) is 16.4 Å². The number of anilines is 1. The van der Waals surface area contributed by atoms with E-state index in [1.807, 2.05) is 56.9 Å². The molecule has 1 saturated heterocycles. The maximum absolute atomic E-state index is 13.2. The summed E-state index contributed by atoms with van der Waals surface area (Å²) in [5.41, 5.74) is 3.25. The van der Waals surface area contributed by atoms with E-state index < -0.39 is 10.0 Å². The molecule has 1 aliphatic rings. The first-order valence-corrected chi connectivity index (χ1v) is 11.7. The summed E-state index contributed by atoms with van der Waals surface area (Å²) in [7, 11) is -3.75. The second kappa shape index (κ2) is 9.18. The monoisotopic (exact) mass is 440 g/mol.